The van der Waals surface area contributed by atoms with Crippen LogP contribution in [0.1, 0.15) is 33.6 Å². The van der Waals surface area contributed by atoms with Crippen LogP contribution in [-0.2, 0) is 9.53 Å². The van der Waals surface area contributed by atoms with Gasteiger partial charge in [0, 0.05) is 6.42 Å². The molecule has 0 saturated heterocycles. The second kappa shape index (κ2) is 5.50. The largest absolute Gasteiger partial charge is 0.465 e. The third kappa shape index (κ3) is 6.50. The zero-order valence-electron chi connectivity index (χ0n) is 11.1. The number of rotatable bonds is 6. The first kappa shape index (κ1) is 14.4. The molecule has 0 aromatic carbocycles. The second-order valence-electron chi connectivity index (χ2n) is 5.74. The standard InChI is InChI=1S/C12H26NO2/c1-7-12(2,3)11(14)15-10-8-9-13(4,5)6/h7-10H2,1-6H3/q+1. The van der Waals surface area contributed by atoms with E-state index in [0.29, 0.717) is 6.61 Å². The summed E-state index contributed by atoms with van der Waals surface area (Å²) in [6.45, 7) is 7.43. The van der Waals surface area contributed by atoms with Crippen molar-refractivity contribution in [1.29, 1.82) is 0 Å². The van der Waals surface area contributed by atoms with Crippen molar-refractivity contribution in [1.82, 2.24) is 0 Å². The third-order valence-corrected chi connectivity index (χ3v) is 2.64. The molecule has 0 radical (unpaired) electrons. The number of hydrogen-bond donors (Lipinski definition) is 0. The van der Waals surface area contributed by atoms with Crippen molar-refractivity contribution in [2.24, 2.45) is 5.41 Å². The van der Waals surface area contributed by atoms with E-state index >= 15 is 0 Å². The SMILES string of the molecule is CCC(C)(C)C(=O)OCCC[N+](C)(C)C. The van der Waals surface area contributed by atoms with Crippen molar-refractivity contribution in [2.45, 2.75) is 33.6 Å². The van der Waals surface area contributed by atoms with Gasteiger partial charge >= 0.3 is 5.97 Å². The van der Waals surface area contributed by atoms with Crippen LogP contribution in [0.15, 0.2) is 0 Å². The average Bonchev–Trinajstić information content (AvgIpc) is 2.10. The molecular formula is C12H26NO2+. The molecule has 0 rings (SSSR count). The maximum absolute atomic E-state index is 11.6. The first-order valence-electron chi connectivity index (χ1n) is 5.67. The maximum Gasteiger partial charge on any atom is 0.311 e. The predicted octanol–water partition coefficient (Wildman–Crippen LogP) is 2.06. The molecule has 0 atom stereocenters. The van der Waals surface area contributed by atoms with Gasteiger partial charge in [-0.3, -0.25) is 4.79 Å². The normalized spacial score (nSPS) is 12.7. The van der Waals surface area contributed by atoms with Gasteiger partial charge in [-0.1, -0.05) is 6.92 Å². The van der Waals surface area contributed by atoms with Gasteiger partial charge in [-0.05, 0) is 20.3 Å². The number of ether oxygens (including phenoxy) is 1. The quantitative estimate of drug-likeness (QED) is 0.386. The Morgan fingerprint density at radius 2 is 1.80 bits per heavy atom. The third-order valence-electron chi connectivity index (χ3n) is 2.64. The van der Waals surface area contributed by atoms with Gasteiger partial charge in [0.25, 0.3) is 0 Å². The van der Waals surface area contributed by atoms with Crippen LogP contribution in [-0.4, -0.2) is 44.7 Å². The van der Waals surface area contributed by atoms with Crippen molar-refractivity contribution in [3.8, 4) is 0 Å². The summed E-state index contributed by atoms with van der Waals surface area (Å²) in [5.41, 5.74) is -0.337. The molecule has 0 aliphatic rings. The molecule has 0 fully saturated rings. The van der Waals surface area contributed by atoms with Gasteiger partial charge in [-0.2, -0.15) is 0 Å². The van der Waals surface area contributed by atoms with E-state index in [1.165, 1.54) is 0 Å². The van der Waals surface area contributed by atoms with Crippen LogP contribution < -0.4 is 0 Å². The molecule has 0 bridgehead atoms. The molecule has 0 heterocycles. The summed E-state index contributed by atoms with van der Waals surface area (Å²) in [5.74, 6) is -0.0774. The summed E-state index contributed by atoms with van der Waals surface area (Å²) in [6.07, 6.45) is 1.75. The van der Waals surface area contributed by atoms with Crippen molar-refractivity contribution in [2.75, 3.05) is 34.3 Å². The molecule has 0 aliphatic carbocycles. The summed E-state index contributed by atoms with van der Waals surface area (Å²) in [5, 5.41) is 0. The molecule has 0 spiro atoms. The Morgan fingerprint density at radius 3 is 2.20 bits per heavy atom. The van der Waals surface area contributed by atoms with E-state index in [4.69, 9.17) is 4.74 Å². The maximum atomic E-state index is 11.6. The number of nitrogens with zero attached hydrogens (tertiary/aromatic N) is 1. The first-order valence-corrected chi connectivity index (χ1v) is 5.67. The summed E-state index contributed by atoms with van der Waals surface area (Å²) in [6, 6.07) is 0. The van der Waals surface area contributed by atoms with Crippen LogP contribution in [0.3, 0.4) is 0 Å². The number of carbonyl (C=O) groups is 1. The Labute approximate surface area is 94.0 Å². The van der Waals surface area contributed by atoms with Crippen molar-refractivity contribution in [3.63, 3.8) is 0 Å². The first-order chi connectivity index (χ1) is 6.69. The molecule has 0 aromatic heterocycles. The minimum Gasteiger partial charge on any atom is -0.465 e. The molecular weight excluding hydrogens is 190 g/mol. The fraction of sp³-hybridized carbons (Fsp3) is 0.917. The van der Waals surface area contributed by atoms with E-state index in [1.54, 1.807) is 0 Å². The number of carbonyl (C=O) groups excluding carboxylic acids is 1. The number of esters is 1. The lowest BCUT2D eigenvalue weighted by atomic mass is 9.91. The van der Waals surface area contributed by atoms with E-state index in [9.17, 15) is 4.79 Å². The molecule has 3 nitrogen and oxygen atoms in total. The summed E-state index contributed by atoms with van der Waals surface area (Å²) < 4.78 is 6.16. The lowest BCUT2D eigenvalue weighted by molar-refractivity contribution is -0.870. The van der Waals surface area contributed by atoms with Crippen LogP contribution in [0.4, 0.5) is 0 Å². The monoisotopic (exact) mass is 216 g/mol. The zero-order chi connectivity index (χ0) is 12.1. The van der Waals surface area contributed by atoms with Gasteiger partial charge in [0.1, 0.15) is 0 Å². The zero-order valence-corrected chi connectivity index (χ0v) is 11.1. The highest BCUT2D eigenvalue weighted by Gasteiger charge is 2.26. The van der Waals surface area contributed by atoms with Gasteiger partial charge in [0.2, 0.25) is 0 Å². The molecule has 90 valence electrons. The Morgan fingerprint density at radius 1 is 1.27 bits per heavy atom. The molecule has 15 heavy (non-hydrogen) atoms. The minimum absolute atomic E-state index is 0.0774. The van der Waals surface area contributed by atoms with Gasteiger partial charge in [-0.15, -0.1) is 0 Å². The average molecular weight is 216 g/mol. The fourth-order valence-corrected chi connectivity index (χ4v) is 1.04. The van der Waals surface area contributed by atoms with Crippen LogP contribution in [0.5, 0.6) is 0 Å². The van der Waals surface area contributed by atoms with Gasteiger partial charge in [0.05, 0.1) is 39.7 Å². The Hall–Kier alpha value is -0.570. The van der Waals surface area contributed by atoms with Gasteiger partial charge in [-0.25, -0.2) is 0 Å². The van der Waals surface area contributed by atoms with E-state index in [-0.39, 0.29) is 11.4 Å². The van der Waals surface area contributed by atoms with E-state index in [1.807, 2.05) is 20.8 Å². The summed E-state index contributed by atoms with van der Waals surface area (Å²) in [4.78, 5) is 11.6. The van der Waals surface area contributed by atoms with E-state index in [0.717, 1.165) is 23.9 Å². The van der Waals surface area contributed by atoms with E-state index in [2.05, 4.69) is 21.1 Å². The summed E-state index contributed by atoms with van der Waals surface area (Å²) >= 11 is 0. The lowest BCUT2D eigenvalue weighted by Crippen LogP contribution is -2.36. The van der Waals surface area contributed by atoms with E-state index < -0.39 is 0 Å². The van der Waals surface area contributed by atoms with Crippen LogP contribution >= 0.6 is 0 Å². The molecule has 0 saturated carbocycles. The van der Waals surface area contributed by atoms with Crippen molar-refractivity contribution < 1.29 is 14.0 Å². The van der Waals surface area contributed by atoms with Crippen LogP contribution in [0.2, 0.25) is 0 Å². The molecule has 0 N–H and O–H groups in total. The molecule has 0 unspecified atom stereocenters. The Kier molecular flexibility index (Phi) is 5.29. The molecule has 0 amide bonds. The lowest BCUT2D eigenvalue weighted by Gasteiger charge is -2.24. The fourth-order valence-electron chi connectivity index (χ4n) is 1.04. The number of quaternary nitrogens is 1. The van der Waals surface area contributed by atoms with Crippen molar-refractivity contribution >= 4 is 5.97 Å². The Balaban J connectivity index is 3.74. The van der Waals surface area contributed by atoms with Crippen LogP contribution in [0.25, 0.3) is 0 Å². The predicted molar refractivity (Wildman–Crippen MR) is 62.5 cm³/mol. The minimum atomic E-state index is -0.337. The highest BCUT2D eigenvalue weighted by molar-refractivity contribution is 5.75. The van der Waals surface area contributed by atoms with Crippen molar-refractivity contribution in [3.05, 3.63) is 0 Å². The Bertz CT molecular complexity index is 204. The highest BCUT2D eigenvalue weighted by Crippen LogP contribution is 2.21. The topological polar surface area (TPSA) is 26.3 Å². The molecule has 0 aliphatic heterocycles. The van der Waals surface area contributed by atoms with Gasteiger partial charge < -0.3 is 9.22 Å². The van der Waals surface area contributed by atoms with Gasteiger partial charge in [0.15, 0.2) is 0 Å². The summed E-state index contributed by atoms with van der Waals surface area (Å²) in [7, 11) is 6.41. The second-order valence-corrected chi connectivity index (χ2v) is 5.74. The molecule has 3 heteroatoms. The number of hydrogen-bond acceptors (Lipinski definition) is 2. The highest BCUT2D eigenvalue weighted by atomic mass is 16.5. The smallest absolute Gasteiger partial charge is 0.311 e. The molecule has 0 aromatic rings. The van der Waals surface area contributed by atoms with Crippen LogP contribution in [0, 0.1) is 5.41 Å².